The Hall–Kier alpha value is -2.90. The lowest BCUT2D eigenvalue weighted by molar-refractivity contribution is 0.0890. The molecular formula is C23H21NO5S. The average Bonchev–Trinajstić information content (AvgIpc) is 3.29. The van der Waals surface area contributed by atoms with E-state index in [1.165, 1.54) is 5.56 Å². The number of aliphatic hydroxyl groups excluding tert-OH is 1. The number of aliphatic hydroxyl groups is 1. The maximum absolute atomic E-state index is 12.9. The number of ether oxygens (including phenoxy) is 1. The molecule has 3 aromatic carbocycles. The zero-order chi connectivity index (χ0) is 20.9. The molecular weight excluding hydrogens is 402 g/mol. The van der Waals surface area contributed by atoms with Crippen LogP contribution in [0, 0.1) is 0 Å². The van der Waals surface area contributed by atoms with Crippen molar-refractivity contribution in [3.8, 4) is 16.9 Å². The maximum atomic E-state index is 12.9. The van der Waals surface area contributed by atoms with Crippen LogP contribution in [0.3, 0.4) is 0 Å². The van der Waals surface area contributed by atoms with Gasteiger partial charge in [0, 0.05) is 12.0 Å². The van der Waals surface area contributed by atoms with Gasteiger partial charge >= 0.3 is 0 Å². The van der Waals surface area contributed by atoms with Crippen LogP contribution in [0.2, 0.25) is 0 Å². The van der Waals surface area contributed by atoms with Crippen molar-refractivity contribution in [1.82, 2.24) is 5.32 Å². The summed E-state index contributed by atoms with van der Waals surface area (Å²) in [6, 6.07) is 16.7. The van der Waals surface area contributed by atoms with Crippen LogP contribution < -0.4 is 10.1 Å². The summed E-state index contributed by atoms with van der Waals surface area (Å²) in [5, 5.41) is 14.4. The van der Waals surface area contributed by atoms with Gasteiger partial charge in [0.25, 0.3) is 5.91 Å². The second-order valence-electron chi connectivity index (χ2n) is 7.85. The molecule has 7 heteroatoms. The van der Waals surface area contributed by atoms with Crippen LogP contribution in [0.15, 0.2) is 54.6 Å². The molecule has 2 heterocycles. The molecule has 3 aromatic rings. The number of fused-ring (bicyclic) bond motifs is 2. The molecule has 30 heavy (non-hydrogen) atoms. The molecule has 0 aliphatic carbocycles. The summed E-state index contributed by atoms with van der Waals surface area (Å²) in [5.41, 5.74) is 3.70. The minimum absolute atomic E-state index is 0.243. The number of rotatable bonds is 3. The van der Waals surface area contributed by atoms with Crippen molar-refractivity contribution in [2.24, 2.45) is 0 Å². The van der Waals surface area contributed by atoms with E-state index in [4.69, 9.17) is 4.74 Å². The summed E-state index contributed by atoms with van der Waals surface area (Å²) in [5.74, 6) is -0.0299. The number of hydrogen-bond donors (Lipinski definition) is 2. The summed E-state index contributed by atoms with van der Waals surface area (Å²) < 4.78 is 29.1. The van der Waals surface area contributed by atoms with Crippen molar-refractivity contribution in [2.45, 2.75) is 18.6 Å². The highest BCUT2D eigenvalue weighted by molar-refractivity contribution is 7.91. The maximum Gasteiger partial charge on any atom is 0.252 e. The minimum atomic E-state index is -3.34. The molecule has 0 aromatic heterocycles. The van der Waals surface area contributed by atoms with Gasteiger partial charge in [-0.05, 0) is 45.7 Å². The second kappa shape index (κ2) is 7.11. The molecule has 5 rings (SSSR count). The zero-order valence-electron chi connectivity index (χ0n) is 16.2. The number of carbonyl (C=O) groups excluding carboxylic acids is 1. The quantitative estimate of drug-likeness (QED) is 0.675. The average molecular weight is 423 g/mol. The Bertz CT molecular complexity index is 1270. The molecule has 0 saturated carbocycles. The highest BCUT2D eigenvalue weighted by Gasteiger charge is 2.37. The second-order valence-corrected chi connectivity index (χ2v) is 10.0. The van der Waals surface area contributed by atoms with Crippen molar-refractivity contribution in [1.29, 1.82) is 0 Å². The predicted molar refractivity (Wildman–Crippen MR) is 114 cm³/mol. The lowest BCUT2D eigenvalue weighted by atomic mass is 9.94. The number of hydrogen-bond acceptors (Lipinski definition) is 5. The Labute approximate surface area is 174 Å². The minimum Gasteiger partial charge on any atom is -0.493 e. The molecule has 2 aliphatic rings. The topological polar surface area (TPSA) is 92.7 Å². The molecule has 1 fully saturated rings. The van der Waals surface area contributed by atoms with Crippen molar-refractivity contribution in [3.63, 3.8) is 0 Å². The summed E-state index contributed by atoms with van der Waals surface area (Å²) >= 11 is 0. The van der Waals surface area contributed by atoms with Gasteiger partial charge in [-0.3, -0.25) is 4.79 Å². The Kier molecular flexibility index (Phi) is 4.52. The molecule has 1 amide bonds. The lowest BCUT2D eigenvalue weighted by Crippen LogP contribution is -2.42. The van der Waals surface area contributed by atoms with Crippen LogP contribution in [0.4, 0.5) is 0 Å². The van der Waals surface area contributed by atoms with Gasteiger partial charge in [-0.2, -0.15) is 0 Å². The van der Waals surface area contributed by atoms with Crippen molar-refractivity contribution in [2.75, 3.05) is 18.1 Å². The highest BCUT2D eigenvalue weighted by atomic mass is 32.2. The zero-order valence-corrected chi connectivity index (χ0v) is 17.0. The molecule has 2 aliphatic heterocycles. The van der Waals surface area contributed by atoms with Gasteiger partial charge in [-0.15, -0.1) is 0 Å². The van der Waals surface area contributed by atoms with Gasteiger partial charge in [-0.1, -0.05) is 36.4 Å². The largest absolute Gasteiger partial charge is 0.493 e. The van der Waals surface area contributed by atoms with Gasteiger partial charge in [0.2, 0.25) is 0 Å². The first-order valence-corrected chi connectivity index (χ1v) is 11.7. The molecule has 2 N–H and O–H groups in total. The Balaban J connectivity index is 1.52. The van der Waals surface area contributed by atoms with E-state index in [1.54, 1.807) is 6.07 Å². The fourth-order valence-corrected chi connectivity index (χ4v) is 6.07. The summed E-state index contributed by atoms with van der Waals surface area (Å²) in [6.07, 6.45) is -0.202. The van der Waals surface area contributed by atoms with E-state index in [2.05, 4.69) is 11.4 Å². The Morgan fingerprint density at radius 2 is 1.83 bits per heavy atom. The van der Waals surface area contributed by atoms with E-state index in [-0.39, 0.29) is 17.4 Å². The molecule has 6 nitrogen and oxygen atoms in total. The molecule has 0 radical (unpaired) electrons. The van der Waals surface area contributed by atoms with Crippen LogP contribution in [0.1, 0.15) is 15.9 Å². The summed E-state index contributed by atoms with van der Waals surface area (Å²) in [4.78, 5) is 12.9. The monoisotopic (exact) mass is 423 g/mol. The smallest absolute Gasteiger partial charge is 0.252 e. The Morgan fingerprint density at radius 3 is 2.63 bits per heavy atom. The van der Waals surface area contributed by atoms with Gasteiger partial charge in [-0.25, -0.2) is 8.42 Å². The van der Waals surface area contributed by atoms with Crippen molar-refractivity contribution in [3.05, 3.63) is 65.7 Å². The number of nitrogens with one attached hydrogen (secondary N) is 1. The fraction of sp³-hybridized carbons (Fsp3) is 0.261. The third-order valence-electron chi connectivity index (χ3n) is 5.81. The summed E-state index contributed by atoms with van der Waals surface area (Å²) in [7, 11) is -3.34. The van der Waals surface area contributed by atoms with Crippen LogP contribution in [0.5, 0.6) is 5.75 Å². The van der Waals surface area contributed by atoms with Gasteiger partial charge in [0.15, 0.2) is 9.84 Å². The van der Waals surface area contributed by atoms with Crippen molar-refractivity contribution < 1.29 is 23.1 Å². The first-order valence-electron chi connectivity index (χ1n) is 9.88. The third kappa shape index (κ3) is 3.34. The normalized spacial score (nSPS) is 21.9. The highest BCUT2D eigenvalue weighted by Crippen LogP contribution is 2.35. The lowest BCUT2D eigenvalue weighted by Gasteiger charge is -2.16. The Morgan fingerprint density at radius 1 is 1.03 bits per heavy atom. The molecule has 1 saturated heterocycles. The molecule has 0 spiro atoms. The first kappa shape index (κ1) is 19.1. The molecule has 0 unspecified atom stereocenters. The standard InChI is InChI=1S/C23H21NO5S/c25-21-13-30(27,28)12-20(21)24-23(26)19-6-2-4-17-16(3-1-5-18(17)19)14-7-8-22-15(11-14)9-10-29-22/h1-8,11,20-21,25H,9-10,12-13H2,(H,24,26)/t20-,21-/m1/s1. The number of carbonyl (C=O) groups is 1. The number of sulfone groups is 1. The molecule has 2 atom stereocenters. The van der Waals surface area contributed by atoms with Crippen LogP contribution >= 0.6 is 0 Å². The molecule has 0 bridgehead atoms. The van der Waals surface area contributed by atoms with E-state index in [9.17, 15) is 18.3 Å². The van der Waals surface area contributed by atoms with Gasteiger partial charge in [0.1, 0.15) is 5.75 Å². The van der Waals surface area contributed by atoms with Crippen LogP contribution in [-0.4, -0.2) is 49.7 Å². The third-order valence-corrected chi connectivity index (χ3v) is 7.52. The predicted octanol–water partition coefficient (Wildman–Crippen LogP) is 2.33. The molecule has 154 valence electrons. The van der Waals surface area contributed by atoms with E-state index in [0.29, 0.717) is 12.2 Å². The van der Waals surface area contributed by atoms with E-state index in [0.717, 1.165) is 34.1 Å². The fourth-order valence-electron chi connectivity index (χ4n) is 4.33. The number of amides is 1. The van der Waals surface area contributed by atoms with Gasteiger partial charge < -0.3 is 15.2 Å². The summed E-state index contributed by atoms with van der Waals surface area (Å²) in [6.45, 7) is 0.696. The number of benzene rings is 3. The van der Waals surface area contributed by atoms with Crippen LogP contribution in [-0.2, 0) is 16.3 Å². The van der Waals surface area contributed by atoms with Crippen molar-refractivity contribution >= 4 is 26.5 Å². The van der Waals surface area contributed by atoms with Crippen LogP contribution in [0.25, 0.3) is 21.9 Å². The van der Waals surface area contributed by atoms with E-state index in [1.807, 2.05) is 42.5 Å². The first-order chi connectivity index (χ1) is 14.4. The SMILES string of the molecule is O=C(N[C@@H]1CS(=O)(=O)C[C@H]1O)c1cccc2c(-c3ccc4c(c3)CCO4)cccc12. The van der Waals surface area contributed by atoms with Gasteiger partial charge in [0.05, 0.1) is 30.3 Å². The van der Waals surface area contributed by atoms with E-state index >= 15 is 0 Å². The van der Waals surface area contributed by atoms with E-state index < -0.39 is 22.0 Å².